The van der Waals surface area contributed by atoms with Crippen molar-refractivity contribution >= 4 is 11.8 Å². The highest BCUT2D eigenvalue weighted by molar-refractivity contribution is 5.86. The lowest BCUT2D eigenvalue weighted by molar-refractivity contribution is -0.206. The molecular weight excluding hydrogens is 275 g/mol. The zero-order chi connectivity index (χ0) is 14.8. The molecule has 7 heteroatoms. The summed E-state index contributed by atoms with van der Waals surface area (Å²) in [6, 6.07) is 3.22. The first-order chi connectivity index (χ1) is 9.35. The van der Waals surface area contributed by atoms with Gasteiger partial charge in [-0.15, -0.1) is 0 Å². The number of ether oxygens (including phenoxy) is 1. The van der Waals surface area contributed by atoms with E-state index in [2.05, 4.69) is 9.72 Å². The van der Waals surface area contributed by atoms with Gasteiger partial charge in [0.1, 0.15) is 6.61 Å². The van der Waals surface area contributed by atoms with Gasteiger partial charge in [-0.3, -0.25) is 14.6 Å². The molecule has 0 N–H and O–H groups in total. The van der Waals surface area contributed by atoms with Crippen LogP contribution in [-0.4, -0.2) is 29.5 Å². The Morgan fingerprint density at radius 2 is 1.85 bits per heavy atom. The third kappa shape index (κ3) is 2.97. The quantitative estimate of drug-likeness (QED) is 0.778. The lowest BCUT2D eigenvalue weighted by Gasteiger charge is -2.17. The van der Waals surface area contributed by atoms with Gasteiger partial charge in [0.15, 0.2) is 11.2 Å². The van der Waals surface area contributed by atoms with E-state index in [4.69, 9.17) is 0 Å². The van der Waals surface area contributed by atoms with Gasteiger partial charge in [-0.1, -0.05) is 0 Å². The van der Waals surface area contributed by atoms with Crippen molar-refractivity contribution in [3.63, 3.8) is 0 Å². The maximum absolute atomic E-state index is 12.6. The van der Waals surface area contributed by atoms with E-state index in [1.165, 1.54) is 12.4 Å². The highest BCUT2D eigenvalue weighted by Gasteiger charge is 2.69. The number of nitrogens with zero attached hydrogens (tertiary/aromatic N) is 1. The van der Waals surface area contributed by atoms with Crippen molar-refractivity contribution in [1.29, 1.82) is 0 Å². The topological polar surface area (TPSA) is 56.3 Å². The first-order valence-electron chi connectivity index (χ1n) is 6.00. The van der Waals surface area contributed by atoms with Crippen LogP contribution in [0.3, 0.4) is 0 Å². The second-order valence-electron chi connectivity index (χ2n) is 4.73. The number of aromatic nitrogens is 1. The maximum atomic E-state index is 12.6. The number of hydrogen-bond acceptors (Lipinski definition) is 4. The molecule has 4 nitrogen and oxygen atoms in total. The molecule has 20 heavy (non-hydrogen) atoms. The third-order valence-electron chi connectivity index (χ3n) is 3.20. The molecule has 0 amide bonds. The zero-order valence-electron chi connectivity index (χ0n) is 10.4. The second-order valence-corrected chi connectivity index (χ2v) is 4.73. The number of alkyl halides is 3. The molecule has 1 heterocycles. The summed E-state index contributed by atoms with van der Waals surface area (Å²) in [6.45, 7) is -0.640. The molecule has 1 aromatic rings. The van der Waals surface area contributed by atoms with E-state index in [0.717, 1.165) is 0 Å². The van der Waals surface area contributed by atoms with Gasteiger partial charge in [-0.25, -0.2) is 0 Å². The van der Waals surface area contributed by atoms with Gasteiger partial charge in [-0.05, 0) is 30.5 Å². The summed E-state index contributed by atoms with van der Waals surface area (Å²) in [5.41, 5.74) is -1.72. The van der Waals surface area contributed by atoms with Crippen LogP contribution in [0.15, 0.2) is 24.5 Å². The van der Waals surface area contributed by atoms with Crippen LogP contribution in [0.2, 0.25) is 0 Å². The summed E-state index contributed by atoms with van der Waals surface area (Å²) < 4.78 is 42.4. The first kappa shape index (κ1) is 14.5. The van der Waals surface area contributed by atoms with Gasteiger partial charge in [0, 0.05) is 18.8 Å². The van der Waals surface area contributed by atoms with E-state index in [1.807, 2.05) is 0 Å². The van der Waals surface area contributed by atoms with Crippen LogP contribution in [0.5, 0.6) is 0 Å². The summed E-state index contributed by atoms with van der Waals surface area (Å²) >= 11 is 0. The molecular formula is C13H12F3NO3. The summed E-state index contributed by atoms with van der Waals surface area (Å²) in [4.78, 5) is 26.7. The minimum atomic E-state index is -4.61. The molecule has 0 aliphatic heterocycles. The van der Waals surface area contributed by atoms with Crippen LogP contribution < -0.4 is 0 Å². The van der Waals surface area contributed by atoms with Crippen molar-refractivity contribution in [2.24, 2.45) is 5.41 Å². The van der Waals surface area contributed by atoms with E-state index >= 15 is 0 Å². The Kier molecular flexibility index (Phi) is 3.78. The van der Waals surface area contributed by atoms with E-state index in [9.17, 15) is 22.8 Å². The number of halogens is 3. The van der Waals surface area contributed by atoms with Gasteiger partial charge in [0.25, 0.3) is 0 Å². The molecule has 0 atom stereocenters. The number of carbonyl (C=O) groups is 2. The molecule has 0 spiro atoms. The number of hydrogen-bond donors (Lipinski definition) is 0. The number of pyridine rings is 1. The standard InChI is InChI=1S/C13H12F3NO3/c14-13(15,16)12(3-4-12)11(19)20-8-10(18)7-9-1-5-17-6-2-9/h1-2,5-6H,3-4,7-8H2. The summed E-state index contributed by atoms with van der Waals surface area (Å²) in [5.74, 6) is -1.81. The van der Waals surface area contributed by atoms with E-state index in [-0.39, 0.29) is 19.3 Å². The molecule has 0 aromatic carbocycles. The fraction of sp³-hybridized carbons (Fsp3) is 0.462. The van der Waals surface area contributed by atoms with Crippen LogP contribution in [0.25, 0.3) is 0 Å². The molecule has 1 aliphatic rings. The van der Waals surface area contributed by atoms with Crippen molar-refractivity contribution in [2.75, 3.05) is 6.61 Å². The monoisotopic (exact) mass is 287 g/mol. The number of ketones is 1. The van der Waals surface area contributed by atoms with Crippen molar-refractivity contribution in [3.05, 3.63) is 30.1 Å². The van der Waals surface area contributed by atoms with Crippen molar-refractivity contribution < 1.29 is 27.5 Å². The van der Waals surface area contributed by atoms with Crippen LogP contribution in [0, 0.1) is 5.41 Å². The van der Waals surface area contributed by atoms with Gasteiger partial charge >= 0.3 is 12.1 Å². The Hall–Kier alpha value is -1.92. The minimum absolute atomic E-state index is 0.00514. The van der Waals surface area contributed by atoms with Gasteiger partial charge < -0.3 is 4.74 Å². The average Bonchev–Trinajstić information content (AvgIpc) is 3.18. The normalized spacial score (nSPS) is 16.6. The summed E-state index contributed by atoms with van der Waals surface area (Å²) in [7, 11) is 0. The molecule has 1 aliphatic carbocycles. The predicted molar refractivity (Wildman–Crippen MR) is 61.6 cm³/mol. The van der Waals surface area contributed by atoms with Gasteiger partial charge in [-0.2, -0.15) is 13.2 Å². The predicted octanol–water partition coefficient (Wildman–Crippen LogP) is 2.08. The van der Waals surface area contributed by atoms with Crippen molar-refractivity contribution in [3.8, 4) is 0 Å². The van der Waals surface area contributed by atoms with Crippen molar-refractivity contribution in [1.82, 2.24) is 4.98 Å². The summed E-state index contributed by atoms with van der Waals surface area (Å²) in [5, 5.41) is 0. The Morgan fingerprint density at radius 1 is 1.25 bits per heavy atom. The number of esters is 1. The molecule has 1 saturated carbocycles. The first-order valence-corrected chi connectivity index (χ1v) is 6.00. The molecule has 0 saturated heterocycles. The molecule has 1 aromatic heterocycles. The van der Waals surface area contributed by atoms with Crippen LogP contribution in [0.1, 0.15) is 18.4 Å². The van der Waals surface area contributed by atoms with Crippen LogP contribution in [0.4, 0.5) is 13.2 Å². The SMILES string of the molecule is O=C(COC(=O)C1(C(F)(F)F)CC1)Cc1ccncc1. The highest BCUT2D eigenvalue weighted by Crippen LogP contribution is 2.58. The molecule has 0 unspecified atom stereocenters. The Balaban J connectivity index is 1.84. The minimum Gasteiger partial charge on any atom is -0.457 e. The molecule has 1 fully saturated rings. The Bertz CT molecular complexity index is 509. The lowest BCUT2D eigenvalue weighted by Crippen LogP contribution is -2.35. The number of rotatable bonds is 5. The molecule has 108 valence electrons. The molecule has 0 radical (unpaired) electrons. The van der Waals surface area contributed by atoms with Crippen molar-refractivity contribution in [2.45, 2.75) is 25.4 Å². The Labute approximate surface area is 112 Å². The fourth-order valence-corrected chi connectivity index (χ4v) is 1.79. The van der Waals surface area contributed by atoms with E-state index < -0.39 is 30.0 Å². The third-order valence-corrected chi connectivity index (χ3v) is 3.20. The zero-order valence-corrected chi connectivity index (χ0v) is 10.4. The lowest BCUT2D eigenvalue weighted by atomic mass is 10.1. The fourth-order valence-electron chi connectivity index (χ4n) is 1.79. The van der Waals surface area contributed by atoms with Crippen LogP contribution in [-0.2, 0) is 20.7 Å². The van der Waals surface area contributed by atoms with Gasteiger partial charge in [0.2, 0.25) is 0 Å². The average molecular weight is 287 g/mol. The molecule has 0 bridgehead atoms. The largest absolute Gasteiger partial charge is 0.457 e. The van der Waals surface area contributed by atoms with E-state index in [0.29, 0.717) is 5.56 Å². The maximum Gasteiger partial charge on any atom is 0.404 e. The summed E-state index contributed by atoms with van der Waals surface area (Å²) in [6.07, 6.45) is -2.16. The Morgan fingerprint density at radius 3 is 2.35 bits per heavy atom. The number of carbonyl (C=O) groups excluding carboxylic acids is 2. The smallest absolute Gasteiger partial charge is 0.404 e. The van der Waals surface area contributed by atoms with Crippen LogP contribution >= 0.6 is 0 Å². The number of Topliss-reactive ketones (excluding diaryl/α,β-unsaturated/α-hetero) is 1. The molecule has 2 rings (SSSR count). The second kappa shape index (κ2) is 5.22. The van der Waals surface area contributed by atoms with Gasteiger partial charge in [0.05, 0.1) is 0 Å². The van der Waals surface area contributed by atoms with E-state index in [1.54, 1.807) is 12.1 Å². The highest BCUT2D eigenvalue weighted by atomic mass is 19.4.